The number of anilines is 1. The number of nitrogens with zero attached hydrogens (tertiary/aromatic N) is 2. The minimum atomic E-state index is -0.601. The highest BCUT2D eigenvalue weighted by molar-refractivity contribution is 5.97. The van der Waals surface area contributed by atoms with E-state index in [1.54, 1.807) is 48.5 Å². The molecule has 7 heteroatoms. The number of carbonyl (C=O) groups excluding carboxylic acids is 2. The van der Waals surface area contributed by atoms with Gasteiger partial charge in [0.15, 0.2) is 6.61 Å². The van der Waals surface area contributed by atoms with Crippen molar-refractivity contribution in [1.29, 1.82) is 5.26 Å². The smallest absolute Gasteiger partial charge is 0.338 e. The van der Waals surface area contributed by atoms with Crippen LogP contribution in [0.25, 0.3) is 0 Å². The van der Waals surface area contributed by atoms with Crippen molar-refractivity contribution in [1.82, 2.24) is 0 Å². The predicted molar refractivity (Wildman–Crippen MR) is 117 cm³/mol. The average Bonchev–Trinajstić information content (AvgIpc) is 2.78. The normalized spacial score (nSPS) is 10.3. The fourth-order valence-corrected chi connectivity index (χ4v) is 2.69. The van der Waals surface area contributed by atoms with Crippen LogP contribution < -0.4 is 14.4 Å². The van der Waals surface area contributed by atoms with E-state index in [1.807, 2.05) is 13.0 Å². The van der Waals surface area contributed by atoms with Gasteiger partial charge in [-0.25, -0.2) is 4.79 Å². The summed E-state index contributed by atoms with van der Waals surface area (Å²) in [5.41, 5.74) is 0.931. The molecule has 0 saturated carbocycles. The fraction of sp³-hybridized carbons (Fsp3) is 0.375. The van der Waals surface area contributed by atoms with Crippen LogP contribution in [-0.2, 0) is 9.53 Å². The standard InChI is InChI=1S/C24H28N2O5/c1-4-29-21-12-8-20(9-13-21)26(15-5-14-25)23(27)17-31-24(28)19-6-10-22(11-7-19)30-16-18(2)3/h6-13,18H,4-5,15-17H2,1-3H3. The maximum Gasteiger partial charge on any atom is 0.338 e. The zero-order chi connectivity index (χ0) is 22.6. The second-order valence-electron chi connectivity index (χ2n) is 7.19. The Morgan fingerprint density at radius 2 is 1.61 bits per heavy atom. The van der Waals surface area contributed by atoms with Crippen molar-refractivity contribution in [3.05, 3.63) is 54.1 Å². The maximum absolute atomic E-state index is 12.7. The topological polar surface area (TPSA) is 88.9 Å². The monoisotopic (exact) mass is 424 g/mol. The lowest BCUT2D eigenvalue weighted by molar-refractivity contribution is -0.121. The summed E-state index contributed by atoms with van der Waals surface area (Å²) >= 11 is 0. The van der Waals surface area contributed by atoms with E-state index < -0.39 is 18.5 Å². The zero-order valence-electron chi connectivity index (χ0n) is 18.2. The molecule has 0 N–H and O–H groups in total. The summed E-state index contributed by atoms with van der Waals surface area (Å²) in [7, 11) is 0. The van der Waals surface area contributed by atoms with Gasteiger partial charge < -0.3 is 19.1 Å². The van der Waals surface area contributed by atoms with Crippen LogP contribution in [0.3, 0.4) is 0 Å². The number of hydrogen-bond acceptors (Lipinski definition) is 6. The molecule has 2 aromatic rings. The van der Waals surface area contributed by atoms with E-state index in [0.29, 0.717) is 41.9 Å². The van der Waals surface area contributed by atoms with Gasteiger partial charge >= 0.3 is 5.97 Å². The van der Waals surface area contributed by atoms with Crippen LogP contribution >= 0.6 is 0 Å². The fourth-order valence-electron chi connectivity index (χ4n) is 2.69. The molecule has 0 atom stereocenters. The van der Waals surface area contributed by atoms with E-state index in [2.05, 4.69) is 13.8 Å². The number of rotatable bonds is 11. The third-order valence-corrected chi connectivity index (χ3v) is 4.21. The van der Waals surface area contributed by atoms with Crippen LogP contribution in [0.1, 0.15) is 37.6 Å². The van der Waals surface area contributed by atoms with Crippen LogP contribution in [0.4, 0.5) is 5.69 Å². The molecule has 0 aliphatic heterocycles. The molecule has 0 bridgehead atoms. The average molecular weight is 424 g/mol. The molecule has 0 heterocycles. The molecular formula is C24H28N2O5. The quantitative estimate of drug-likeness (QED) is 0.502. The summed E-state index contributed by atoms with van der Waals surface area (Å²) in [5, 5.41) is 8.91. The van der Waals surface area contributed by atoms with Crippen LogP contribution in [0, 0.1) is 17.2 Å². The molecule has 0 saturated heterocycles. The second kappa shape index (κ2) is 12.2. The molecule has 0 radical (unpaired) electrons. The van der Waals surface area contributed by atoms with E-state index in [1.165, 1.54) is 4.90 Å². The first-order valence-corrected chi connectivity index (χ1v) is 10.2. The summed E-state index contributed by atoms with van der Waals surface area (Å²) in [5.74, 6) is 0.737. The molecule has 0 aliphatic carbocycles. The van der Waals surface area contributed by atoms with Gasteiger partial charge in [0.05, 0.1) is 31.3 Å². The molecule has 2 rings (SSSR count). The highest BCUT2D eigenvalue weighted by Crippen LogP contribution is 2.20. The van der Waals surface area contributed by atoms with Gasteiger partial charge in [-0.2, -0.15) is 5.26 Å². The minimum Gasteiger partial charge on any atom is -0.494 e. The molecular weight excluding hydrogens is 396 g/mol. The predicted octanol–water partition coefficient (Wildman–Crippen LogP) is 4.22. The molecule has 0 spiro atoms. The SMILES string of the molecule is CCOc1ccc(N(CCC#N)C(=O)COC(=O)c2ccc(OCC(C)C)cc2)cc1. The van der Waals surface area contributed by atoms with Gasteiger partial charge in [0.1, 0.15) is 11.5 Å². The van der Waals surface area contributed by atoms with E-state index in [-0.39, 0.29) is 13.0 Å². The van der Waals surface area contributed by atoms with Crippen molar-refractivity contribution in [2.75, 3.05) is 31.3 Å². The van der Waals surface area contributed by atoms with E-state index in [4.69, 9.17) is 19.5 Å². The highest BCUT2D eigenvalue weighted by Gasteiger charge is 2.18. The van der Waals surface area contributed by atoms with Gasteiger partial charge in [-0.15, -0.1) is 0 Å². The van der Waals surface area contributed by atoms with Crippen LogP contribution in [0.2, 0.25) is 0 Å². The van der Waals surface area contributed by atoms with E-state index in [0.717, 1.165) is 0 Å². The van der Waals surface area contributed by atoms with Gasteiger partial charge in [-0.05, 0) is 61.4 Å². The molecule has 164 valence electrons. The maximum atomic E-state index is 12.7. The molecule has 2 aromatic carbocycles. The third kappa shape index (κ3) is 7.67. The largest absolute Gasteiger partial charge is 0.494 e. The van der Waals surface area contributed by atoms with E-state index >= 15 is 0 Å². The highest BCUT2D eigenvalue weighted by atomic mass is 16.5. The minimum absolute atomic E-state index is 0.157. The Balaban J connectivity index is 1.98. The Hall–Kier alpha value is -3.53. The van der Waals surface area contributed by atoms with Crippen molar-refractivity contribution < 1.29 is 23.8 Å². The Morgan fingerprint density at radius 3 is 2.19 bits per heavy atom. The molecule has 7 nitrogen and oxygen atoms in total. The van der Waals surface area contributed by atoms with Crippen molar-refractivity contribution in [2.45, 2.75) is 27.2 Å². The number of hydrogen-bond donors (Lipinski definition) is 0. The molecule has 31 heavy (non-hydrogen) atoms. The van der Waals surface area contributed by atoms with Crippen molar-refractivity contribution >= 4 is 17.6 Å². The lowest BCUT2D eigenvalue weighted by Gasteiger charge is -2.22. The van der Waals surface area contributed by atoms with Gasteiger partial charge in [0.2, 0.25) is 0 Å². The summed E-state index contributed by atoms with van der Waals surface area (Å²) in [4.78, 5) is 26.4. The summed E-state index contributed by atoms with van der Waals surface area (Å²) in [6, 6.07) is 15.6. The number of nitriles is 1. The van der Waals surface area contributed by atoms with Crippen molar-refractivity contribution in [2.24, 2.45) is 5.92 Å². The van der Waals surface area contributed by atoms with Gasteiger partial charge in [0.25, 0.3) is 5.91 Å². The second-order valence-corrected chi connectivity index (χ2v) is 7.19. The molecule has 0 unspecified atom stereocenters. The lowest BCUT2D eigenvalue weighted by atomic mass is 10.2. The van der Waals surface area contributed by atoms with Crippen LogP contribution in [-0.4, -0.2) is 38.2 Å². The van der Waals surface area contributed by atoms with Gasteiger partial charge in [0, 0.05) is 12.2 Å². The van der Waals surface area contributed by atoms with Gasteiger partial charge in [-0.3, -0.25) is 4.79 Å². The number of benzene rings is 2. The lowest BCUT2D eigenvalue weighted by Crippen LogP contribution is -2.35. The first-order valence-electron chi connectivity index (χ1n) is 10.2. The third-order valence-electron chi connectivity index (χ3n) is 4.21. The number of amides is 1. The Morgan fingerprint density at radius 1 is 1.00 bits per heavy atom. The first kappa shape index (κ1) is 23.7. The summed E-state index contributed by atoms with van der Waals surface area (Å²) < 4.78 is 16.2. The zero-order valence-corrected chi connectivity index (χ0v) is 18.2. The molecule has 0 aromatic heterocycles. The van der Waals surface area contributed by atoms with Crippen LogP contribution in [0.5, 0.6) is 11.5 Å². The summed E-state index contributed by atoms with van der Waals surface area (Å²) in [6.45, 7) is 6.88. The number of esters is 1. The van der Waals surface area contributed by atoms with E-state index in [9.17, 15) is 9.59 Å². The Bertz CT molecular complexity index is 886. The Kier molecular flexibility index (Phi) is 9.37. The first-order chi connectivity index (χ1) is 14.9. The summed E-state index contributed by atoms with van der Waals surface area (Å²) in [6.07, 6.45) is 0.157. The number of ether oxygens (including phenoxy) is 3. The number of carbonyl (C=O) groups is 2. The molecule has 0 fully saturated rings. The molecule has 1 amide bonds. The van der Waals surface area contributed by atoms with Crippen LogP contribution in [0.15, 0.2) is 48.5 Å². The van der Waals surface area contributed by atoms with Gasteiger partial charge in [-0.1, -0.05) is 13.8 Å². The molecule has 0 aliphatic rings. The van der Waals surface area contributed by atoms with Crippen molar-refractivity contribution in [3.8, 4) is 17.6 Å². The Labute approximate surface area is 183 Å². The van der Waals surface area contributed by atoms with Crippen molar-refractivity contribution in [3.63, 3.8) is 0 Å².